The summed E-state index contributed by atoms with van der Waals surface area (Å²) in [6.45, 7) is 13.3. The number of hydrogen-bond donors (Lipinski definition) is 0. The molecule has 0 saturated heterocycles. The minimum atomic E-state index is -2.21. The van der Waals surface area contributed by atoms with Crippen LogP contribution in [-0.2, 0) is 9.53 Å². The summed E-state index contributed by atoms with van der Waals surface area (Å²) in [6.07, 6.45) is 5.67. The van der Waals surface area contributed by atoms with E-state index < -0.39 is 34.7 Å². The Bertz CT molecular complexity index is 1650. The molecule has 2 saturated carbocycles. The predicted molar refractivity (Wildman–Crippen MR) is 176 cm³/mol. The Hall–Kier alpha value is -3.67. The van der Waals surface area contributed by atoms with Crippen LogP contribution >= 0.6 is 0 Å². The molecule has 4 aliphatic rings. The Morgan fingerprint density at radius 3 is 1.48 bits per heavy atom. The molecule has 6 rings (SSSR count). The first-order valence-electron chi connectivity index (χ1n) is 17.0. The second-order valence-electron chi connectivity index (χ2n) is 16.1. The number of carbonyl (C=O) groups is 5. The van der Waals surface area contributed by atoms with Gasteiger partial charge in [-0.2, -0.15) is 0 Å². The molecule has 4 aliphatic carbocycles. The van der Waals surface area contributed by atoms with E-state index in [1.165, 1.54) is 6.07 Å². The van der Waals surface area contributed by atoms with Gasteiger partial charge in [-0.25, -0.2) is 0 Å². The largest absolute Gasteiger partial charge is 0.466 e. The van der Waals surface area contributed by atoms with Crippen LogP contribution in [0.25, 0.3) is 0 Å². The van der Waals surface area contributed by atoms with Crippen LogP contribution in [0.4, 0.5) is 0 Å². The van der Waals surface area contributed by atoms with Gasteiger partial charge < -0.3 is 4.74 Å². The van der Waals surface area contributed by atoms with Gasteiger partial charge in [0, 0.05) is 33.7 Å². The van der Waals surface area contributed by atoms with E-state index in [1.807, 2.05) is 0 Å². The van der Waals surface area contributed by atoms with Gasteiger partial charge in [-0.3, -0.25) is 24.0 Å². The molecule has 0 aliphatic heterocycles. The first kappa shape index (κ1) is 32.3. The van der Waals surface area contributed by atoms with Crippen LogP contribution in [0.1, 0.15) is 134 Å². The predicted octanol–water partition coefficient (Wildman–Crippen LogP) is 8.43. The molecule has 242 valence electrons. The molecule has 46 heavy (non-hydrogen) atoms. The van der Waals surface area contributed by atoms with Crippen molar-refractivity contribution >= 4 is 28.9 Å². The van der Waals surface area contributed by atoms with E-state index in [2.05, 4.69) is 41.5 Å². The highest BCUT2D eigenvalue weighted by atomic mass is 16.5. The molecule has 0 heterocycles. The number of allylic oxidation sites excluding steroid dienone is 2. The maximum atomic E-state index is 14.7. The molecule has 0 N–H and O–H groups in total. The van der Waals surface area contributed by atoms with Gasteiger partial charge in [0.15, 0.2) is 11.5 Å². The van der Waals surface area contributed by atoms with Crippen LogP contribution in [0.2, 0.25) is 0 Å². The Balaban J connectivity index is 1.50. The quantitative estimate of drug-likeness (QED) is 0.251. The summed E-state index contributed by atoms with van der Waals surface area (Å²) in [5, 5.41) is 0. The molecule has 2 fully saturated rings. The van der Waals surface area contributed by atoms with Crippen molar-refractivity contribution in [1.82, 2.24) is 0 Å². The summed E-state index contributed by atoms with van der Waals surface area (Å²) in [6, 6.07) is 13.1. The number of ether oxygens (including phenoxy) is 1. The second kappa shape index (κ2) is 11.5. The van der Waals surface area contributed by atoms with Gasteiger partial charge in [0.05, 0.1) is 0 Å². The zero-order valence-electron chi connectivity index (χ0n) is 28.0. The van der Waals surface area contributed by atoms with E-state index in [9.17, 15) is 24.0 Å². The van der Waals surface area contributed by atoms with E-state index >= 15 is 0 Å². The minimum Gasteiger partial charge on any atom is -0.466 e. The van der Waals surface area contributed by atoms with E-state index in [0.29, 0.717) is 43.1 Å². The van der Waals surface area contributed by atoms with Crippen LogP contribution < -0.4 is 0 Å². The van der Waals surface area contributed by atoms with Crippen molar-refractivity contribution in [2.75, 3.05) is 0 Å². The number of Topliss-reactive ketones (excluding diaryl/α,β-unsaturated/α-hetero) is 5. The number of benzene rings is 2. The molecule has 0 spiro atoms. The molecule has 0 amide bonds. The van der Waals surface area contributed by atoms with Crippen molar-refractivity contribution in [3.8, 4) is 0 Å². The third kappa shape index (κ3) is 5.22. The highest BCUT2D eigenvalue weighted by Crippen LogP contribution is 2.50. The van der Waals surface area contributed by atoms with Crippen molar-refractivity contribution in [2.24, 2.45) is 34.5 Å². The van der Waals surface area contributed by atoms with Crippen molar-refractivity contribution in [1.29, 1.82) is 0 Å². The van der Waals surface area contributed by atoms with E-state index in [1.54, 1.807) is 42.5 Å². The highest BCUT2D eigenvalue weighted by Gasteiger charge is 2.62. The molecule has 0 bridgehead atoms. The average molecular weight is 623 g/mol. The molecule has 2 aromatic carbocycles. The van der Waals surface area contributed by atoms with Gasteiger partial charge in [0.2, 0.25) is 23.0 Å². The first-order chi connectivity index (χ1) is 21.7. The van der Waals surface area contributed by atoms with Gasteiger partial charge >= 0.3 is 0 Å². The summed E-state index contributed by atoms with van der Waals surface area (Å²) in [5.41, 5.74) is -1.09. The summed E-state index contributed by atoms with van der Waals surface area (Å²) in [7, 11) is 0. The molecule has 1 atom stereocenters. The standard InChI is InChI=1S/C40H46O6/c1-38(2,3)24-17-15-23(16-18-24)31-32(41)27-11-7-8-12-28(27)33(42)35(31)46-40(26-21-19-25(20-22-26)39(4,5)6)36(44)30-14-10-9-13-29(30)34(43)37(40)45/h7-14,23-26H,15-22H2,1-6H3/t23?,24?,25?,26?,40-/m0/s1. The van der Waals surface area contributed by atoms with Gasteiger partial charge in [-0.05, 0) is 80.0 Å². The summed E-state index contributed by atoms with van der Waals surface area (Å²) >= 11 is 0. The summed E-state index contributed by atoms with van der Waals surface area (Å²) in [5.74, 6) is -3.35. The Labute approximate surface area is 272 Å². The smallest absolute Gasteiger partial charge is 0.255 e. The lowest BCUT2D eigenvalue weighted by Gasteiger charge is -2.46. The van der Waals surface area contributed by atoms with Crippen molar-refractivity contribution in [3.05, 3.63) is 82.1 Å². The van der Waals surface area contributed by atoms with Crippen LogP contribution in [0, 0.1) is 34.5 Å². The van der Waals surface area contributed by atoms with Crippen molar-refractivity contribution in [3.63, 3.8) is 0 Å². The number of carbonyl (C=O) groups excluding carboxylic acids is 5. The molecular formula is C40H46O6. The van der Waals surface area contributed by atoms with Crippen molar-refractivity contribution in [2.45, 2.75) is 98.5 Å². The number of hydrogen-bond acceptors (Lipinski definition) is 6. The lowest BCUT2D eigenvalue weighted by atomic mass is 9.62. The fourth-order valence-corrected chi connectivity index (χ4v) is 8.64. The topological polar surface area (TPSA) is 94.6 Å². The van der Waals surface area contributed by atoms with Crippen LogP contribution in [0.15, 0.2) is 59.9 Å². The van der Waals surface area contributed by atoms with Gasteiger partial charge in [0.25, 0.3) is 5.78 Å². The molecule has 6 heteroatoms. The minimum absolute atomic E-state index is 0.0407. The molecule has 2 aromatic rings. The summed E-state index contributed by atoms with van der Waals surface area (Å²) < 4.78 is 6.72. The fourth-order valence-electron chi connectivity index (χ4n) is 8.64. The Morgan fingerprint density at radius 2 is 0.978 bits per heavy atom. The third-order valence-electron chi connectivity index (χ3n) is 11.6. The van der Waals surface area contributed by atoms with Crippen LogP contribution in [-0.4, -0.2) is 34.5 Å². The Morgan fingerprint density at radius 1 is 0.543 bits per heavy atom. The molecular weight excluding hydrogens is 576 g/mol. The number of rotatable bonds is 4. The molecule has 0 unspecified atom stereocenters. The lowest BCUT2D eigenvalue weighted by Crippen LogP contribution is -2.61. The van der Waals surface area contributed by atoms with Gasteiger partial charge in [0.1, 0.15) is 0 Å². The summed E-state index contributed by atoms with van der Waals surface area (Å²) in [4.78, 5) is 71.7. The molecule has 0 radical (unpaired) electrons. The average Bonchev–Trinajstić information content (AvgIpc) is 3.03. The monoisotopic (exact) mass is 622 g/mol. The van der Waals surface area contributed by atoms with Gasteiger partial charge in [-0.15, -0.1) is 0 Å². The second-order valence-corrected chi connectivity index (χ2v) is 16.1. The maximum absolute atomic E-state index is 14.7. The first-order valence-corrected chi connectivity index (χ1v) is 17.0. The SMILES string of the molecule is CC(C)(C)C1CCC(C2=C(O[C@]3(C4CCC(C(C)(C)C)CC4)C(=O)C(=O)c4ccccc4C3=O)C(=O)c3ccccc3C2=O)CC1. The van der Waals surface area contributed by atoms with Crippen molar-refractivity contribution < 1.29 is 28.7 Å². The maximum Gasteiger partial charge on any atom is 0.255 e. The normalized spacial score (nSPS) is 29.0. The highest BCUT2D eigenvalue weighted by molar-refractivity contribution is 6.55. The molecule has 6 nitrogen and oxygen atoms in total. The number of ketones is 5. The van der Waals surface area contributed by atoms with E-state index in [-0.39, 0.29) is 50.6 Å². The van der Waals surface area contributed by atoms with Gasteiger partial charge in [-0.1, -0.05) is 90.1 Å². The third-order valence-corrected chi connectivity index (χ3v) is 11.6. The zero-order chi connectivity index (χ0) is 33.2. The Kier molecular flexibility index (Phi) is 8.10. The number of fused-ring (bicyclic) bond motifs is 2. The lowest BCUT2D eigenvalue weighted by molar-refractivity contribution is -0.137. The van der Waals surface area contributed by atoms with E-state index in [4.69, 9.17) is 4.74 Å². The van der Waals surface area contributed by atoms with E-state index in [0.717, 1.165) is 25.7 Å². The zero-order valence-corrected chi connectivity index (χ0v) is 28.0. The fraction of sp³-hybridized carbons (Fsp3) is 0.525. The van der Waals surface area contributed by atoms with Crippen LogP contribution in [0.5, 0.6) is 0 Å². The van der Waals surface area contributed by atoms with Crippen LogP contribution in [0.3, 0.4) is 0 Å². The molecule has 0 aromatic heterocycles.